The Morgan fingerprint density at radius 2 is 1.60 bits per heavy atom. The molecule has 0 radical (unpaired) electrons. The zero-order valence-electron chi connectivity index (χ0n) is 10.4. The lowest BCUT2D eigenvalue weighted by atomic mass is 10.0. The van der Waals surface area contributed by atoms with Crippen LogP contribution in [0.5, 0.6) is 0 Å². The fourth-order valence-electron chi connectivity index (χ4n) is 2.77. The predicted molar refractivity (Wildman–Crippen MR) is 64.2 cm³/mol. The summed E-state index contributed by atoms with van der Waals surface area (Å²) in [5, 5.41) is 0. The Morgan fingerprint density at radius 3 is 2.20 bits per heavy atom. The minimum atomic E-state index is 0.735. The topological polar surface area (TPSA) is 9.72 Å². The van der Waals surface area contributed by atoms with Crippen LogP contribution in [0.25, 0.3) is 0 Å². The molecule has 0 aromatic carbocycles. The maximum absolute atomic E-state index is 2.72. The molecule has 88 valence electrons. The van der Waals surface area contributed by atoms with E-state index in [-0.39, 0.29) is 0 Å². The third-order valence-electron chi connectivity index (χ3n) is 4.20. The summed E-state index contributed by atoms with van der Waals surface area (Å²) in [5.74, 6) is 0. The van der Waals surface area contributed by atoms with Crippen molar-refractivity contribution in [3.05, 3.63) is 0 Å². The van der Waals surface area contributed by atoms with Crippen LogP contribution in [0.4, 0.5) is 0 Å². The maximum Gasteiger partial charge on any atom is 0.0192 e. The molecular formula is C12H25N3. The van der Waals surface area contributed by atoms with Gasteiger partial charge in [0.2, 0.25) is 0 Å². The fourth-order valence-corrected chi connectivity index (χ4v) is 2.77. The standard InChI is InChI=1S/C12H25N3/c1-11-10-15(9-8-14(11)3)12-4-6-13(2)7-5-12/h11-12H,4-10H2,1-3H3/t11-/m0/s1. The van der Waals surface area contributed by atoms with Gasteiger partial charge in [0.25, 0.3) is 0 Å². The van der Waals surface area contributed by atoms with Crippen LogP contribution >= 0.6 is 0 Å². The number of hydrogen-bond donors (Lipinski definition) is 0. The van der Waals surface area contributed by atoms with Crippen LogP contribution in [-0.4, -0.2) is 73.6 Å². The average Bonchev–Trinajstić information content (AvgIpc) is 2.23. The molecule has 15 heavy (non-hydrogen) atoms. The van der Waals surface area contributed by atoms with Gasteiger partial charge in [0.1, 0.15) is 0 Å². The number of hydrogen-bond acceptors (Lipinski definition) is 3. The lowest BCUT2D eigenvalue weighted by Crippen LogP contribution is -2.55. The average molecular weight is 211 g/mol. The Labute approximate surface area is 94.0 Å². The van der Waals surface area contributed by atoms with Gasteiger partial charge in [0.05, 0.1) is 0 Å². The van der Waals surface area contributed by atoms with Gasteiger partial charge in [0, 0.05) is 31.7 Å². The smallest absolute Gasteiger partial charge is 0.0192 e. The van der Waals surface area contributed by atoms with E-state index in [2.05, 4.69) is 35.7 Å². The second-order valence-corrected chi connectivity index (χ2v) is 5.36. The molecule has 2 saturated heterocycles. The Morgan fingerprint density at radius 1 is 0.933 bits per heavy atom. The van der Waals surface area contributed by atoms with Crippen LogP contribution < -0.4 is 0 Å². The minimum Gasteiger partial charge on any atom is -0.306 e. The van der Waals surface area contributed by atoms with Crippen molar-refractivity contribution >= 4 is 0 Å². The maximum atomic E-state index is 2.72. The molecule has 2 heterocycles. The van der Waals surface area contributed by atoms with Crippen LogP contribution in [0.15, 0.2) is 0 Å². The van der Waals surface area contributed by atoms with Crippen molar-refractivity contribution in [1.82, 2.24) is 14.7 Å². The Hall–Kier alpha value is -0.120. The van der Waals surface area contributed by atoms with Gasteiger partial charge in [-0.05, 0) is 47.0 Å². The molecule has 0 aromatic rings. The van der Waals surface area contributed by atoms with Crippen LogP contribution in [-0.2, 0) is 0 Å². The van der Waals surface area contributed by atoms with E-state index in [4.69, 9.17) is 0 Å². The quantitative estimate of drug-likeness (QED) is 0.633. The highest BCUT2D eigenvalue weighted by atomic mass is 15.3. The molecule has 0 unspecified atom stereocenters. The van der Waals surface area contributed by atoms with Crippen LogP contribution in [0.1, 0.15) is 19.8 Å². The molecule has 0 amide bonds. The van der Waals surface area contributed by atoms with Crippen molar-refractivity contribution in [3.8, 4) is 0 Å². The van der Waals surface area contributed by atoms with E-state index in [9.17, 15) is 0 Å². The summed E-state index contributed by atoms with van der Waals surface area (Å²) in [6.07, 6.45) is 2.74. The van der Waals surface area contributed by atoms with E-state index in [1.807, 2.05) is 0 Å². The number of rotatable bonds is 1. The zero-order valence-corrected chi connectivity index (χ0v) is 10.4. The van der Waals surface area contributed by atoms with Crippen LogP contribution in [0, 0.1) is 0 Å². The largest absolute Gasteiger partial charge is 0.306 e. The summed E-state index contributed by atoms with van der Waals surface area (Å²) in [4.78, 5) is 7.65. The zero-order chi connectivity index (χ0) is 10.8. The molecule has 0 aromatic heterocycles. The molecular weight excluding hydrogens is 186 g/mol. The number of likely N-dealkylation sites (tertiary alicyclic amines) is 1. The number of nitrogens with zero attached hydrogens (tertiary/aromatic N) is 3. The predicted octanol–water partition coefficient (Wildman–Crippen LogP) is 0.717. The molecule has 2 aliphatic rings. The number of piperidine rings is 1. The summed E-state index contributed by atoms with van der Waals surface area (Å²) >= 11 is 0. The molecule has 1 atom stereocenters. The third kappa shape index (κ3) is 2.71. The van der Waals surface area contributed by atoms with Crippen molar-refractivity contribution in [2.45, 2.75) is 31.8 Å². The first-order valence-corrected chi connectivity index (χ1v) is 6.29. The van der Waals surface area contributed by atoms with Crippen molar-refractivity contribution in [3.63, 3.8) is 0 Å². The Bertz CT molecular complexity index is 199. The second kappa shape index (κ2) is 4.81. The molecule has 2 aliphatic heterocycles. The SMILES string of the molecule is C[C@H]1CN(C2CCN(C)CC2)CCN1C. The lowest BCUT2D eigenvalue weighted by molar-refractivity contribution is 0.0463. The first-order chi connectivity index (χ1) is 7.16. The molecule has 2 fully saturated rings. The summed E-state index contributed by atoms with van der Waals surface area (Å²) < 4.78 is 0. The van der Waals surface area contributed by atoms with Gasteiger partial charge in [-0.3, -0.25) is 4.90 Å². The van der Waals surface area contributed by atoms with Crippen LogP contribution in [0.2, 0.25) is 0 Å². The normalized spacial score (nSPS) is 33.4. The third-order valence-corrected chi connectivity index (χ3v) is 4.20. The monoisotopic (exact) mass is 211 g/mol. The summed E-state index contributed by atoms with van der Waals surface area (Å²) in [7, 11) is 4.49. The van der Waals surface area contributed by atoms with Gasteiger partial charge < -0.3 is 9.80 Å². The highest BCUT2D eigenvalue weighted by molar-refractivity contribution is 4.84. The van der Waals surface area contributed by atoms with Gasteiger partial charge in [0.15, 0.2) is 0 Å². The molecule has 0 bridgehead atoms. The van der Waals surface area contributed by atoms with Crippen molar-refractivity contribution in [1.29, 1.82) is 0 Å². The fraction of sp³-hybridized carbons (Fsp3) is 1.00. The van der Waals surface area contributed by atoms with Gasteiger partial charge in [-0.25, -0.2) is 0 Å². The van der Waals surface area contributed by atoms with Crippen molar-refractivity contribution in [2.75, 3.05) is 46.8 Å². The second-order valence-electron chi connectivity index (χ2n) is 5.36. The van der Waals surface area contributed by atoms with E-state index in [0.29, 0.717) is 0 Å². The van der Waals surface area contributed by atoms with Crippen LogP contribution in [0.3, 0.4) is 0 Å². The summed E-state index contributed by atoms with van der Waals surface area (Å²) in [5.41, 5.74) is 0. The van der Waals surface area contributed by atoms with Gasteiger partial charge >= 0.3 is 0 Å². The molecule has 3 heteroatoms. The van der Waals surface area contributed by atoms with Gasteiger partial charge in [-0.2, -0.15) is 0 Å². The highest BCUT2D eigenvalue weighted by Crippen LogP contribution is 2.18. The molecule has 0 saturated carbocycles. The number of likely N-dealkylation sites (N-methyl/N-ethyl adjacent to an activating group) is 1. The van der Waals surface area contributed by atoms with Gasteiger partial charge in [-0.15, -0.1) is 0 Å². The summed E-state index contributed by atoms with van der Waals surface area (Å²) in [6, 6.07) is 1.59. The van der Waals surface area contributed by atoms with Crippen molar-refractivity contribution in [2.24, 2.45) is 0 Å². The first kappa shape index (κ1) is 11.4. The van der Waals surface area contributed by atoms with E-state index in [1.165, 1.54) is 45.6 Å². The summed E-state index contributed by atoms with van der Waals surface area (Å²) in [6.45, 7) is 8.70. The van der Waals surface area contributed by atoms with Gasteiger partial charge in [-0.1, -0.05) is 0 Å². The Balaban J connectivity index is 1.84. The number of piperazine rings is 1. The van der Waals surface area contributed by atoms with E-state index >= 15 is 0 Å². The first-order valence-electron chi connectivity index (χ1n) is 6.29. The van der Waals surface area contributed by atoms with E-state index in [1.54, 1.807) is 0 Å². The van der Waals surface area contributed by atoms with Crippen molar-refractivity contribution < 1.29 is 0 Å². The lowest BCUT2D eigenvalue weighted by Gasteiger charge is -2.44. The van der Waals surface area contributed by atoms with E-state index < -0.39 is 0 Å². The molecule has 3 nitrogen and oxygen atoms in total. The highest BCUT2D eigenvalue weighted by Gasteiger charge is 2.28. The molecule has 0 aliphatic carbocycles. The molecule has 2 rings (SSSR count). The van der Waals surface area contributed by atoms with E-state index in [0.717, 1.165) is 12.1 Å². The molecule has 0 spiro atoms. The minimum absolute atomic E-state index is 0.735. The molecule has 0 N–H and O–H groups in total. The Kier molecular flexibility index (Phi) is 3.65.